The zero-order valence-electron chi connectivity index (χ0n) is 14.4. The van der Waals surface area contributed by atoms with Crippen LogP contribution in [-0.2, 0) is 0 Å². The van der Waals surface area contributed by atoms with Crippen molar-refractivity contribution in [2.75, 3.05) is 6.61 Å². The highest BCUT2D eigenvalue weighted by molar-refractivity contribution is 5.66. The molecular formula is C20H17NO5. The first-order valence-electron chi connectivity index (χ1n) is 8.55. The van der Waals surface area contributed by atoms with Crippen molar-refractivity contribution in [2.24, 2.45) is 0 Å². The van der Waals surface area contributed by atoms with E-state index in [-0.39, 0.29) is 23.3 Å². The average molecular weight is 351 g/mol. The summed E-state index contributed by atoms with van der Waals surface area (Å²) in [7, 11) is 0. The Morgan fingerprint density at radius 1 is 1.12 bits per heavy atom. The molecule has 0 aliphatic carbocycles. The van der Waals surface area contributed by atoms with E-state index in [1.54, 1.807) is 6.07 Å². The molecule has 0 fully saturated rings. The molecule has 0 spiro atoms. The molecule has 6 nitrogen and oxygen atoms in total. The summed E-state index contributed by atoms with van der Waals surface area (Å²) in [5.74, 6) is 2.14. The molecule has 0 saturated heterocycles. The van der Waals surface area contributed by atoms with Gasteiger partial charge in [-0.2, -0.15) is 0 Å². The topological polar surface area (TPSA) is 70.8 Å². The monoisotopic (exact) mass is 351 g/mol. The average Bonchev–Trinajstić information content (AvgIpc) is 2.97. The van der Waals surface area contributed by atoms with Crippen molar-refractivity contribution < 1.29 is 19.1 Å². The van der Waals surface area contributed by atoms with E-state index in [1.807, 2.05) is 32.1 Å². The number of hydrogen-bond donors (Lipinski definition) is 0. The molecule has 3 heterocycles. The number of rotatable bonds is 1. The first kappa shape index (κ1) is 15.3. The minimum atomic E-state index is -0.406. The number of fused-ring (bicyclic) bond motifs is 6. The molecule has 5 rings (SSSR count). The molecule has 0 aromatic heterocycles. The van der Waals surface area contributed by atoms with Gasteiger partial charge >= 0.3 is 0 Å². The SMILES string of the molecule is CC1(C)C=Cc2cc3c(cc2O1)OC[C@H]1c2ccc([N+](=O)[O-])cc2O[C@@H]31. The Labute approximate surface area is 150 Å². The second-order valence-electron chi connectivity index (χ2n) is 7.40. The van der Waals surface area contributed by atoms with E-state index in [4.69, 9.17) is 14.2 Å². The first-order valence-corrected chi connectivity index (χ1v) is 8.55. The van der Waals surface area contributed by atoms with Gasteiger partial charge in [-0.1, -0.05) is 6.08 Å². The van der Waals surface area contributed by atoms with Crippen LogP contribution in [0.1, 0.15) is 42.6 Å². The van der Waals surface area contributed by atoms with Crippen molar-refractivity contribution in [2.45, 2.75) is 31.5 Å². The van der Waals surface area contributed by atoms with Crippen LogP contribution in [0, 0.1) is 10.1 Å². The van der Waals surface area contributed by atoms with Crippen molar-refractivity contribution in [3.05, 3.63) is 63.2 Å². The smallest absolute Gasteiger partial charge is 0.273 e. The lowest BCUT2D eigenvalue weighted by Crippen LogP contribution is -2.28. The van der Waals surface area contributed by atoms with Crippen molar-refractivity contribution in [3.63, 3.8) is 0 Å². The summed E-state index contributed by atoms with van der Waals surface area (Å²) in [4.78, 5) is 10.6. The lowest BCUT2D eigenvalue weighted by atomic mass is 9.88. The summed E-state index contributed by atoms with van der Waals surface area (Å²) >= 11 is 0. The van der Waals surface area contributed by atoms with Crippen molar-refractivity contribution in [1.29, 1.82) is 0 Å². The largest absolute Gasteiger partial charge is 0.492 e. The van der Waals surface area contributed by atoms with Gasteiger partial charge in [-0.15, -0.1) is 0 Å². The quantitative estimate of drug-likeness (QED) is 0.563. The lowest BCUT2D eigenvalue weighted by molar-refractivity contribution is -0.384. The molecule has 6 heteroatoms. The highest BCUT2D eigenvalue weighted by Gasteiger charge is 2.42. The van der Waals surface area contributed by atoms with Crippen LogP contribution in [0.4, 0.5) is 5.69 Å². The predicted molar refractivity (Wildman–Crippen MR) is 94.9 cm³/mol. The standard InChI is InChI=1S/C20H17NO5/c1-20(2)6-5-11-7-14-17(9-16(11)26-20)24-10-15-13-4-3-12(21(22)23)8-18(13)25-19(14)15/h3-9,15,19H,10H2,1-2H3/t15-,19-/m0/s1. The molecule has 132 valence electrons. The fourth-order valence-electron chi connectivity index (χ4n) is 3.83. The van der Waals surface area contributed by atoms with E-state index < -0.39 is 4.92 Å². The van der Waals surface area contributed by atoms with Crippen LogP contribution in [0.25, 0.3) is 6.08 Å². The van der Waals surface area contributed by atoms with Crippen molar-refractivity contribution in [3.8, 4) is 17.2 Å². The molecule has 2 aromatic carbocycles. The summed E-state index contributed by atoms with van der Waals surface area (Å²) in [6.07, 6.45) is 3.87. The van der Waals surface area contributed by atoms with Crippen LogP contribution >= 0.6 is 0 Å². The Bertz CT molecular complexity index is 978. The Morgan fingerprint density at radius 3 is 2.77 bits per heavy atom. The zero-order valence-corrected chi connectivity index (χ0v) is 14.4. The third-order valence-electron chi connectivity index (χ3n) is 5.13. The van der Waals surface area contributed by atoms with E-state index in [9.17, 15) is 10.1 Å². The summed E-state index contributed by atoms with van der Waals surface area (Å²) in [6, 6.07) is 8.74. The third kappa shape index (κ3) is 2.18. The molecule has 3 aliphatic heterocycles. The molecular weight excluding hydrogens is 334 g/mol. The van der Waals surface area contributed by atoms with Gasteiger partial charge in [0.15, 0.2) is 0 Å². The minimum absolute atomic E-state index is 0.0290. The van der Waals surface area contributed by atoms with Gasteiger partial charge in [0.05, 0.1) is 23.5 Å². The maximum atomic E-state index is 11.0. The van der Waals surface area contributed by atoms with Crippen LogP contribution in [-0.4, -0.2) is 17.1 Å². The van der Waals surface area contributed by atoms with E-state index >= 15 is 0 Å². The molecule has 3 aliphatic rings. The van der Waals surface area contributed by atoms with Gasteiger partial charge in [0.1, 0.15) is 29.0 Å². The first-order chi connectivity index (χ1) is 12.4. The van der Waals surface area contributed by atoms with Gasteiger partial charge in [-0.3, -0.25) is 10.1 Å². The number of ether oxygens (including phenoxy) is 3. The number of non-ortho nitro benzene ring substituents is 1. The van der Waals surface area contributed by atoms with Crippen LogP contribution in [0.3, 0.4) is 0 Å². The Hall–Kier alpha value is -3.02. The summed E-state index contributed by atoms with van der Waals surface area (Å²) in [6.45, 7) is 4.49. The van der Waals surface area contributed by atoms with Gasteiger partial charge < -0.3 is 14.2 Å². The number of nitrogens with zero attached hydrogens (tertiary/aromatic N) is 1. The molecule has 0 N–H and O–H groups in total. The maximum Gasteiger partial charge on any atom is 0.273 e. The number of nitro groups is 1. The van der Waals surface area contributed by atoms with Crippen LogP contribution in [0.15, 0.2) is 36.4 Å². The molecule has 2 atom stereocenters. The fraction of sp³-hybridized carbons (Fsp3) is 0.300. The summed E-state index contributed by atoms with van der Waals surface area (Å²) in [5.41, 5.74) is 2.58. The second-order valence-corrected chi connectivity index (χ2v) is 7.40. The van der Waals surface area contributed by atoms with E-state index in [2.05, 4.69) is 6.08 Å². The van der Waals surface area contributed by atoms with E-state index in [0.29, 0.717) is 12.4 Å². The van der Waals surface area contributed by atoms with Crippen molar-refractivity contribution in [1.82, 2.24) is 0 Å². The highest BCUT2D eigenvalue weighted by atomic mass is 16.6. The predicted octanol–water partition coefficient (Wildman–Crippen LogP) is 4.39. The third-order valence-corrected chi connectivity index (χ3v) is 5.13. The number of hydrogen-bond acceptors (Lipinski definition) is 5. The van der Waals surface area contributed by atoms with E-state index in [1.165, 1.54) is 12.1 Å². The zero-order chi connectivity index (χ0) is 18.1. The Balaban J connectivity index is 1.56. The van der Waals surface area contributed by atoms with Crippen LogP contribution < -0.4 is 14.2 Å². The number of nitro benzene ring substituents is 1. The lowest BCUT2D eigenvalue weighted by Gasteiger charge is -2.32. The Kier molecular flexibility index (Phi) is 2.93. The van der Waals surface area contributed by atoms with Gasteiger partial charge in [-0.25, -0.2) is 0 Å². The fourth-order valence-corrected chi connectivity index (χ4v) is 3.83. The molecule has 26 heavy (non-hydrogen) atoms. The molecule has 0 amide bonds. The van der Waals surface area contributed by atoms with Gasteiger partial charge in [0.25, 0.3) is 5.69 Å². The molecule has 2 aromatic rings. The van der Waals surface area contributed by atoms with Crippen molar-refractivity contribution >= 4 is 11.8 Å². The molecule has 0 saturated carbocycles. The highest BCUT2D eigenvalue weighted by Crippen LogP contribution is 2.53. The Morgan fingerprint density at radius 2 is 1.96 bits per heavy atom. The summed E-state index contributed by atoms with van der Waals surface area (Å²) < 4.78 is 18.1. The molecule has 0 unspecified atom stereocenters. The normalized spacial score (nSPS) is 23.5. The maximum absolute atomic E-state index is 11.0. The molecule has 0 bridgehead atoms. The summed E-state index contributed by atoms with van der Waals surface area (Å²) in [5, 5.41) is 11.0. The molecule has 0 radical (unpaired) electrons. The van der Waals surface area contributed by atoms with Crippen LogP contribution in [0.2, 0.25) is 0 Å². The minimum Gasteiger partial charge on any atom is -0.492 e. The van der Waals surface area contributed by atoms with Gasteiger partial charge in [-0.05, 0) is 32.1 Å². The van der Waals surface area contributed by atoms with Gasteiger partial charge in [0, 0.05) is 28.8 Å². The van der Waals surface area contributed by atoms with Crippen LogP contribution in [0.5, 0.6) is 17.2 Å². The number of benzene rings is 2. The van der Waals surface area contributed by atoms with E-state index in [0.717, 1.165) is 28.2 Å². The van der Waals surface area contributed by atoms with Gasteiger partial charge in [0.2, 0.25) is 0 Å². The second kappa shape index (κ2) is 5.00.